The highest BCUT2D eigenvalue weighted by atomic mass is 15.3. The lowest BCUT2D eigenvalue weighted by molar-refractivity contribution is 0.632. The molecule has 6 heterocycles. The Morgan fingerprint density at radius 3 is 1.49 bits per heavy atom. The van der Waals surface area contributed by atoms with E-state index in [1.807, 2.05) is 0 Å². The summed E-state index contributed by atoms with van der Waals surface area (Å²) < 4.78 is 2.18. The Morgan fingerprint density at radius 2 is 0.859 bits per heavy atom. The molecular formula is C61H38N10. The Hall–Kier alpha value is -9.54. The Balaban J connectivity index is 1.02. The molecule has 0 amide bonds. The Morgan fingerprint density at radius 1 is 0.366 bits per heavy atom. The van der Waals surface area contributed by atoms with Gasteiger partial charge in [-0.3, -0.25) is 9.47 Å². The van der Waals surface area contributed by atoms with Crippen LogP contribution < -0.4 is 4.90 Å². The van der Waals surface area contributed by atoms with Crippen LogP contribution in [-0.4, -0.2) is 44.4 Å². The van der Waals surface area contributed by atoms with Gasteiger partial charge >= 0.3 is 0 Å². The predicted molar refractivity (Wildman–Crippen MR) is 286 cm³/mol. The van der Waals surface area contributed by atoms with Crippen LogP contribution in [0.15, 0.2) is 195 Å². The zero-order chi connectivity index (χ0) is 47.0. The normalized spacial score (nSPS) is 13.3. The molecule has 0 N–H and O–H groups in total. The summed E-state index contributed by atoms with van der Waals surface area (Å²) in [6.45, 7) is 4.61. The number of hydrogen-bond donors (Lipinski definition) is 0. The third kappa shape index (κ3) is 5.70. The lowest BCUT2D eigenvalue weighted by Gasteiger charge is -2.41. The van der Waals surface area contributed by atoms with Gasteiger partial charge in [0.2, 0.25) is 11.9 Å². The molecule has 0 bridgehead atoms. The monoisotopic (exact) mass is 910 g/mol. The summed E-state index contributed by atoms with van der Waals surface area (Å²) >= 11 is 0. The van der Waals surface area contributed by atoms with Crippen LogP contribution in [0, 0.1) is 0 Å². The first-order valence-electron chi connectivity index (χ1n) is 23.7. The van der Waals surface area contributed by atoms with Gasteiger partial charge in [0.15, 0.2) is 11.3 Å². The van der Waals surface area contributed by atoms with Gasteiger partial charge < -0.3 is 0 Å². The number of para-hydroxylation sites is 2. The van der Waals surface area contributed by atoms with E-state index < -0.39 is 5.41 Å². The van der Waals surface area contributed by atoms with E-state index >= 15 is 0 Å². The van der Waals surface area contributed by atoms with Gasteiger partial charge in [-0.15, -0.1) is 0 Å². The van der Waals surface area contributed by atoms with Gasteiger partial charge in [0.05, 0.1) is 22.4 Å². The van der Waals surface area contributed by atoms with Gasteiger partial charge in [-0.05, 0) is 90.6 Å². The van der Waals surface area contributed by atoms with Crippen molar-refractivity contribution in [2.45, 2.75) is 19.3 Å². The molecule has 1 aliphatic rings. The van der Waals surface area contributed by atoms with Crippen LogP contribution in [-0.2, 0) is 5.41 Å². The Kier molecular flexibility index (Phi) is 8.19. The van der Waals surface area contributed by atoms with Gasteiger partial charge in [0.1, 0.15) is 22.4 Å². The second-order valence-electron chi connectivity index (χ2n) is 18.8. The van der Waals surface area contributed by atoms with E-state index in [0.29, 0.717) is 45.6 Å². The highest BCUT2D eigenvalue weighted by Crippen LogP contribution is 2.54. The smallest absolute Gasteiger partial charge is 0.237 e. The second kappa shape index (κ2) is 14.7. The van der Waals surface area contributed by atoms with E-state index in [1.165, 1.54) is 10.8 Å². The van der Waals surface area contributed by atoms with Gasteiger partial charge in [-0.2, -0.15) is 9.97 Å². The van der Waals surface area contributed by atoms with Crippen LogP contribution in [0.2, 0.25) is 0 Å². The lowest BCUT2D eigenvalue weighted by atomic mass is 9.73. The summed E-state index contributed by atoms with van der Waals surface area (Å²) in [6, 6.07) is 60.2. The number of aromatic nitrogens is 9. The number of rotatable bonds is 4. The first-order valence-corrected chi connectivity index (χ1v) is 23.7. The van der Waals surface area contributed by atoms with Crippen molar-refractivity contribution in [3.63, 3.8) is 0 Å². The molecule has 14 aromatic rings. The van der Waals surface area contributed by atoms with Crippen LogP contribution in [0.5, 0.6) is 0 Å². The summed E-state index contributed by atoms with van der Waals surface area (Å²) in [5, 5.41) is 11.2. The molecule has 10 nitrogen and oxygen atoms in total. The van der Waals surface area contributed by atoms with Crippen LogP contribution in [0.4, 0.5) is 17.3 Å². The third-order valence-corrected chi connectivity index (χ3v) is 14.6. The summed E-state index contributed by atoms with van der Waals surface area (Å²) in [6.07, 6.45) is 6.83. The molecule has 0 atom stereocenters. The standard InChI is InChI=1S/C61H38N10/c1-61(2)47-24-12-14-26-50(47)71(60-67-54(56-58(69-60)65-30-28-63-56)46-32-36-16-4-6-18-38(36)40-20-8-10-22-42(40)46)52-34-51-44(33-48(52)61)43-23-11-13-25-49(43)70(51)59-66-53(55-57(68-59)64-29-27-62-55)45-31-35-15-3-5-17-37(35)39-19-7-9-21-41(39)45/h3-34H,1-2H3. The van der Waals surface area contributed by atoms with Gasteiger partial charge in [-0.25, -0.2) is 29.9 Å². The first-order chi connectivity index (χ1) is 35.0. The minimum Gasteiger partial charge on any atom is -0.278 e. The quantitative estimate of drug-likeness (QED) is 0.159. The zero-order valence-corrected chi connectivity index (χ0v) is 38.4. The van der Waals surface area contributed by atoms with Crippen LogP contribution in [0.1, 0.15) is 25.0 Å². The Labute approximate surface area is 405 Å². The first kappa shape index (κ1) is 39.5. The van der Waals surface area contributed by atoms with Gasteiger partial charge in [-0.1, -0.05) is 147 Å². The topological polar surface area (TPSA) is 111 Å². The summed E-state index contributed by atoms with van der Waals surface area (Å²) in [5.74, 6) is 0.972. The molecule has 15 rings (SSSR count). The SMILES string of the molecule is CC1(C)c2ccccc2N(c2nc(-c3cc4ccccc4c4ccccc34)c3nccnc3n2)c2cc3c(cc21)c1ccccc1n3-c1nc(-c2cc3ccccc3c3ccccc23)c2nccnc2n1. The van der Waals surface area contributed by atoms with Crippen molar-refractivity contribution >= 4 is 105 Å². The molecule has 5 aromatic heterocycles. The van der Waals surface area contributed by atoms with Gasteiger partial charge in [0, 0.05) is 52.1 Å². The summed E-state index contributed by atoms with van der Waals surface area (Å²) in [7, 11) is 0. The minimum atomic E-state index is -0.423. The highest BCUT2D eigenvalue weighted by molar-refractivity contribution is 6.17. The molecule has 0 fully saturated rings. The fourth-order valence-corrected chi connectivity index (χ4v) is 11.4. The average Bonchev–Trinajstić information content (AvgIpc) is 3.75. The van der Waals surface area contributed by atoms with Crippen molar-refractivity contribution in [3.8, 4) is 28.5 Å². The van der Waals surface area contributed by atoms with E-state index in [2.05, 4.69) is 193 Å². The number of nitrogens with zero attached hydrogens (tertiary/aromatic N) is 10. The third-order valence-electron chi connectivity index (χ3n) is 14.6. The molecular weight excluding hydrogens is 873 g/mol. The summed E-state index contributed by atoms with van der Waals surface area (Å²) in [4.78, 5) is 43.4. The number of anilines is 3. The van der Waals surface area contributed by atoms with E-state index in [0.717, 1.165) is 87.8 Å². The van der Waals surface area contributed by atoms with E-state index in [1.54, 1.807) is 24.8 Å². The maximum atomic E-state index is 5.59. The van der Waals surface area contributed by atoms with E-state index in [4.69, 9.17) is 39.9 Å². The highest BCUT2D eigenvalue weighted by Gasteiger charge is 2.39. The number of benzene rings is 9. The fourth-order valence-electron chi connectivity index (χ4n) is 11.4. The predicted octanol–water partition coefficient (Wildman–Crippen LogP) is 14.3. The molecule has 0 spiro atoms. The molecule has 71 heavy (non-hydrogen) atoms. The van der Waals surface area contributed by atoms with Crippen molar-refractivity contribution in [1.29, 1.82) is 0 Å². The largest absolute Gasteiger partial charge is 0.278 e. The van der Waals surface area contributed by atoms with Crippen molar-refractivity contribution in [2.24, 2.45) is 0 Å². The van der Waals surface area contributed by atoms with Crippen LogP contribution >= 0.6 is 0 Å². The van der Waals surface area contributed by atoms with Gasteiger partial charge in [0.25, 0.3) is 0 Å². The minimum absolute atomic E-state index is 0.423. The lowest BCUT2D eigenvalue weighted by Crippen LogP contribution is -2.31. The maximum absolute atomic E-state index is 5.59. The van der Waals surface area contributed by atoms with E-state index in [9.17, 15) is 0 Å². The zero-order valence-electron chi connectivity index (χ0n) is 38.4. The van der Waals surface area contributed by atoms with E-state index in [-0.39, 0.29) is 0 Å². The molecule has 0 saturated heterocycles. The molecule has 9 aromatic carbocycles. The number of hydrogen-bond acceptors (Lipinski definition) is 9. The molecule has 332 valence electrons. The number of fused-ring (bicyclic) bond motifs is 13. The van der Waals surface area contributed by atoms with Crippen molar-refractivity contribution in [2.75, 3.05) is 4.90 Å². The maximum Gasteiger partial charge on any atom is 0.237 e. The van der Waals surface area contributed by atoms with Crippen LogP contribution in [0.3, 0.4) is 0 Å². The Bertz CT molecular complexity index is 4600. The average molecular weight is 911 g/mol. The molecule has 1 aliphatic heterocycles. The van der Waals surface area contributed by atoms with Crippen molar-refractivity contribution in [3.05, 3.63) is 206 Å². The van der Waals surface area contributed by atoms with Crippen molar-refractivity contribution in [1.82, 2.24) is 44.4 Å². The van der Waals surface area contributed by atoms with Crippen LogP contribution in [0.25, 0.3) is 116 Å². The molecule has 0 unspecified atom stereocenters. The second-order valence-corrected chi connectivity index (χ2v) is 18.8. The molecule has 0 saturated carbocycles. The van der Waals surface area contributed by atoms with Crippen molar-refractivity contribution < 1.29 is 0 Å². The molecule has 0 aliphatic carbocycles. The molecule has 10 heteroatoms. The summed E-state index contributed by atoms with van der Waals surface area (Å²) in [5.41, 5.74) is 11.3. The fraction of sp³-hybridized carbons (Fsp3) is 0.0492. The molecule has 0 radical (unpaired) electrons.